The molecule has 0 radical (unpaired) electrons. The van der Waals surface area contributed by atoms with Crippen molar-refractivity contribution in [3.8, 4) is 5.75 Å². The number of carbonyl (C=O) groups excluding carboxylic acids is 1. The Hall–Kier alpha value is -1.20. The Morgan fingerprint density at radius 3 is 2.79 bits per heavy atom. The number of hydrogen-bond donors (Lipinski definition) is 2. The van der Waals surface area contributed by atoms with E-state index in [4.69, 9.17) is 10.5 Å². The molecule has 1 aromatic rings. The van der Waals surface area contributed by atoms with Crippen LogP contribution < -0.4 is 15.8 Å². The number of ether oxygens (including phenoxy) is 1. The second kappa shape index (κ2) is 7.40. The Morgan fingerprint density at radius 1 is 1.42 bits per heavy atom. The molecule has 0 atom stereocenters. The summed E-state index contributed by atoms with van der Waals surface area (Å²) in [6.07, 6.45) is 0. The summed E-state index contributed by atoms with van der Waals surface area (Å²) in [5, 5.41) is 2.86. The van der Waals surface area contributed by atoms with E-state index in [9.17, 15) is 4.79 Å². The van der Waals surface area contributed by atoms with Gasteiger partial charge in [-0.15, -0.1) is 11.8 Å². The van der Waals surface area contributed by atoms with Gasteiger partial charge in [0.05, 0.1) is 5.75 Å². The number of anilines is 1. The average molecular weight is 282 g/mol. The molecule has 0 fully saturated rings. The summed E-state index contributed by atoms with van der Waals surface area (Å²) in [7, 11) is 0. The van der Waals surface area contributed by atoms with Crippen LogP contribution in [0.25, 0.3) is 0 Å². The van der Waals surface area contributed by atoms with Gasteiger partial charge in [-0.2, -0.15) is 0 Å². The first kappa shape index (κ1) is 15.9. The third kappa shape index (κ3) is 7.08. The number of hydrogen-bond acceptors (Lipinski definition) is 4. The van der Waals surface area contributed by atoms with Gasteiger partial charge in [0.2, 0.25) is 5.91 Å². The van der Waals surface area contributed by atoms with Crippen LogP contribution in [0.5, 0.6) is 5.75 Å². The Balaban J connectivity index is 2.49. The molecule has 0 saturated carbocycles. The predicted molar refractivity (Wildman–Crippen MR) is 81.8 cm³/mol. The number of nitrogens with one attached hydrogen (secondary N) is 1. The Labute approximate surface area is 119 Å². The van der Waals surface area contributed by atoms with Crippen LogP contribution in [0.4, 0.5) is 5.69 Å². The molecule has 1 rings (SSSR count). The van der Waals surface area contributed by atoms with Gasteiger partial charge in [0.1, 0.15) is 12.4 Å². The first-order valence-corrected chi connectivity index (χ1v) is 7.26. The van der Waals surface area contributed by atoms with Crippen LogP contribution in [0.1, 0.15) is 20.8 Å². The normalized spacial score (nSPS) is 11.2. The summed E-state index contributed by atoms with van der Waals surface area (Å²) in [5.74, 6) is 1.15. The fourth-order valence-electron chi connectivity index (χ4n) is 1.32. The fourth-order valence-corrected chi connectivity index (χ4v) is 1.96. The third-order valence-electron chi connectivity index (χ3n) is 2.14. The standard InChI is InChI=1S/C14H22N2O2S/c1-14(2,3)19-10-13(17)16-11-5-4-6-12(9-11)18-8-7-15/h4-6,9H,7-8,10,15H2,1-3H3,(H,16,17). The van der Waals surface area contributed by atoms with E-state index in [-0.39, 0.29) is 10.7 Å². The summed E-state index contributed by atoms with van der Waals surface area (Å²) >= 11 is 1.62. The SMILES string of the molecule is CC(C)(C)SCC(=O)Nc1cccc(OCCN)c1. The number of benzene rings is 1. The van der Waals surface area contributed by atoms with Crippen LogP contribution in [0, 0.1) is 0 Å². The number of amides is 1. The number of nitrogens with two attached hydrogens (primary N) is 1. The first-order valence-electron chi connectivity index (χ1n) is 6.27. The van der Waals surface area contributed by atoms with E-state index in [1.807, 2.05) is 18.2 Å². The largest absolute Gasteiger partial charge is 0.492 e. The summed E-state index contributed by atoms with van der Waals surface area (Å²) in [5.41, 5.74) is 6.12. The van der Waals surface area contributed by atoms with E-state index in [1.165, 1.54) is 0 Å². The number of thioether (sulfide) groups is 1. The maximum absolute atomic E-state index is 11.8. The van der Waals surface area contributed by atoms with Crippen molar-refractivity contribution in [2.45, 2.75) is 25.5 Å². The van der Waals surface area contributed by atoms with E-state index in [0.29, 0.717) is 24.7 Å². The molecule has 106 valence electrons. The highest BCUT2D eigenvalue weighted by atomic mass is 32.2. The molecule has 0 unspecified atom stereocenters. The third-order valence-corrected chi connectivity index (χ3v) is 3.41. The maximum atomic E-state index is 11.8. The van der Waals surface area contributed by atoms with Crippen LogP contribution in [0.2, 0.25) is 0 Å². The highest BCUT2D eigenvalue weighted by molar-refractivity contribution is 8.01. The van der Waals surface area contributed by atoms with Crippen molar-refractivity contribution >= 4 is 23.4 Å². The van der Waals surface area contributed by atoms with Gasteiger partial charge in [0, 0.05) is 23.0 Å². The van der Waals surface area contributed by atoms with Crippen molar-refractivity contribution in [1.82, 2.24) is 0 Å². The lowest BCUT2D eigenvalue weighted by Crippen LogP contribution is -2.19. The molecule has 0 aliphatic rings. The molecule has 0 heterocycles. The van der Waals surface area contributed by atoms with Crippen molar-refractivity contribution in [3.63, 3.8) is 0 Å². The van der Waals surface area contributed by atoms with E-state index in [2.05, 4.69) is 26.1 Å². The van der Waals surface area contributed by atoms with Crippen LogP contribution in [0.15, 0.2) is 24.3 Å². The summed E-state index contributed by atoms with van der Waals surface area (Å²) in [6.45, 7) is 7.21. The molecule has 0 saturated heterocycles. The molecule has 1 aromatic carbocycles. The molecule has 4 nitrogen and oxygen atoms in total. The topological polar surface area (TPSA) is 64.3 Å². The second-order valence-corrected chi connectivity index (χ2v) is 6.92. The van der Waals surface area contributed by atoms with Gasteiger partial charge < -0.3 is 15.8 Å². The van der Waals surface area contributed by atoms with Crippen LogP contribution in [-0.2, 0) is 4.79 Å². The van der Waals surface area contributed by atoms with Gasteiger partial charge in [-0.05, 0) is 12.1 Å². The molecule has 19 heavy (non-hydrogen) atoms. The Kier molecular flexibility index (Phi) is 6.18. The average Bonchev–Trinajstić information content (AvgIpc) is 2.33. The van der Waals surface area contributed by atoms with Crippen molar-refractivity contribution in [2.24, 2.45) is 5.73 Å². The van der Waals surface area contributed by atoms with Gasteiger partial charge in [-0.3, -0.25) is 4.79 Å². The maximum Gasteiger partial charge on any atom is 0.234 e. The molecule has 3 N–H and O–H groups in total. The molecule has 1 amide bonds. The lowest BCUT2D eigenvalue weighted by atomic mass is 10.3. The van der Waals surface area contributed by atoms with Crippen LogP contribution in [0.3, 0.4) is 0 Å². The van der Waals surface area contributed by atoms with Crippen molar-refractivity contribution in [1.29, 1.82) is 0 Å². The molecular formula is C14H22N2O2S. The smallest absolute Gasteiger partial charge is 0.234 e. The summed E-state index contributed by atoms with van der Waals surface area (Å²) < 4.78 is 5.50. The first-order chi connectivity index (χ1) is 8.90. The van der Waals surface area contributed by atoms with Gasteiger partial charge in [0.15, 0.2) is 0 Å². The van der Waals surface area contributed by atoms with E-state index >= 15 is 0 Å². The van der Waals surface area contributed by atoms with E-state index < -0.39 is 0 Å². The van der Waals surface area contributed by atoms with Gasteiger partial charge in [-0.1, -0.05) is 26.8 Å². The van der Waals surface area contributed by atoms with Crippen LogP contribution in [-0.4, -0.2) is 29.6 Å². The Bertz CT molecular complexity index is 416. The molecule has 0 bridgehead atoms. The quantitative estimate of drug-likeness (QED) is 0.841. The van der Waals surface area contributed by atoms with Gasteiger partial charge in [-0.25, -0.2) is 0 Å². The molecule has 0 aromatic heterocycles. The molecule has 0 aliphatic carbocycles. The monoisotopic (exact) mass is 282 g/mol. The van der Waals surface area contributed by atoms with Gasteiger partial charge in [0.25, 0.3) is 0 Å². The highest BCUT2D eigenvalue weighted by Crippen LogP contribution is 2.23. The molecular weight excluding hydrogens is 260 g/mol. The fraction of sp³-hybridized carbons (Fsp3) is 0.500. The zero-order valence-corrected chi connectivity index (χ0v) is 12.5. The lowest BCUT2D eigenvalue weighted by Gasteiger charge is -2.17. The van der Waals surface area contributed by atoms with E-state index in [0.717, 1.165) is 5.69 Å². The zero-order chi connectivity index (χ0) is 14.3. The predicted octanol–water partition coefficient (Wildman–Crippen LogP) is 2.49. The van der Waals surface area contributed by atoms with Crippen molar-refractivity contribution < 1.29 is 9.53 Å². The summed E-state index contributed by atoms with van der Waals surface area (Å²) in [6, 6.07) is 7.33. The second-order valence-electron chi connectivity index (χ2n) is 5.11. The highest BCUT2D eigenvalue weighted by Gasteiger charge is 2.13. The van der Waals surface area contributed by atoms with Crippen LogP contribution >= 0.6 is 11.8 Å². The molecule has 0 spiro atoms. The van der Waals surface area contributed by atoms with E-state index in [1.54, 1.807) is 17.8 Å². The number of carbonyl (C=O) groups is 1. The minimum atomic E-state index is -0.00380. The minimum absolute atomic E-state index is 0.00380. The molecule has 0 aliphatic heterocycles. The minimum Gasteiger partial charge on any atom is -0.492 e. The van der Waals surface area contributed by atoms with Crippen molar-refractivity contribution in [2.75, 3.05) is 24.2 Å². The molecule has 5 heteroatoms. The summed E-state index contributed by atoms with van der Waals surface area (Å²) in [4.78, 5) is 11.8. The van der Waals surface area contributed by atoms with Crippen molar-refractivity contribution in [3.05, 3.63) is 24.3 Å². The Morgan fingerprint density at radius 2 is 2.16 bits per heavy atom. The zero-order valence-electron chi connectivity index (χ0n) is 11.7. The number of rotatable bonds is 6. The van der Waals surface area contributed by atoms with Gasteiger partial charge >= 0.3 is 0 Å². The lowest BCUT2D eigenvalue weighted by molar-refractivity contribution is -0.113.